The van der Waals surface area contributed by atoms with Crippen molar-refractivity contribution < 1.29 is 4.74 Å². The lowest BCUT2D eigenvalue weighted by Crippen LogP contribution is -2.19. The zero-order valence-corrected chi connectivity index (χ0v) is 21.3. The van der Waals surface area contributed by atoms with Crippen LogP contribution >= 0.6 is 0 Å². The van der Waals surface area contributed by atoms with Gasteiger partial charge in [0.2, 0.25) is 5.88 Å². The van der Waals surface area contributed by atoms with Crippen LogP contribution in [0.15, 0.2) is 36.5 Å². The van der Waals surface area contributed by atoms with E-state index in [4.69, 9.17) is 16.2 Å². The molecule has 0 spiro atoms. The van der Waals surface area contributed by atoms with Gasteiger partial charge in [-0.2, -0.15) is 0 Å². The molecule has 1 aromatic carbocycles. The number of benzene rings is 1. The first-order valence-corrected chi connectivity index (χ1v) is 13.2. The molecule has 0 aliphatic heterocycles. The fourth-order valence-electron chi connectivity index (χ4n) is 4.11. The summed E-state index contributed by atoms with van der Waals surface area (Å²) in [6.07, 6.45) is 13.9. The van der Waals surface area contributed by atoms with Crippen LogP contribution in [0.4, 0.5) is 0 Å². The predicted molar refractivity (Wildman–Crippen MR) is 144 cm³/mol. The quantitative estimate of drug-likeness (QED) is 0.215. The lowest BCUT2D eigenvalue weighted by molar-refractivity contribution is 0.398. The van der Waals surface area contributed by atoms with E-state index in [1.807, 2.05) is 12.3 Å². The highest BCUT2D eigenvalue weighted by Gasteiger charge is 2.06. The summed E-state index contributed by atoms with van der Waals surface area (Å²) in [5.74, 6) is 0.647. The molecule has 1 aromatic heterocycles. The number of rotatable bonds is 20. The van der Waals surface area contributed by atoms with Crippen LogP contribution in [0.25, 0.3) is 11.1 Å². The zero-order chi connectivity index (χ0) is 24.3. The molecular formula is C28H47N5O. The molecule has 0 atom stereocenters. The number of pyridine rings is 1. The number of nitrogens with one attached hydrogen (secondary N) is 2. The molecule has 0 aliphatic carbocycles. The monoisotopic (exact) mass is 469 g/mol. The fourth-order valence-corrected chi connectivity index (χ4v) is 4.11. The number of nitrogens with two attached hydrogens (primary N) is 2. The molecule has 0 saturated carbocycles. The van der Waals surface area contributed by atoms with Gasteiger partial charge in [-0.15, -0.1) is 0 Å². The first-order chi connectivity index (χ1) is 16.8. The van der Waals surface area contributed by atoms with Gasteiger partial charge in [0.1, 0.15) is 0 Å². The fraction of sp³-hybridized carbons (Fsp3) is 0.607. The van der Waals surface area contributed by atoms with Gasteiger partial charge >= 0.3 is 0 Å². The van der Waals surface area contributed by atoms with E-state index >= 15 is 0 Å². The summed E-state index contributed by atoms with van der Waals surface area (Å²) < 4.78 is 5.23. The first-order valence-electron chi connectivity index (χ1n) is 13.2. The van der Waals surface area contributed by atoms with Gasteiger partial charge in [-0.3, -0.25) is 0 Å². The highest BCUT2D eigenvalue weighted by atomic mass is 16.5. The minimum atomic E-state index is 0.647. The highest BCUT2D eigenvalue weighted by molar-refractivity contribution is 5.64. The van der Waals surface area contributed by atoms with E-state index in [9.17, 15) is 0 Å². The third-order valence-electron chi connectivity index (χ3n) is 6.09. The van der Waals surface area contributed by atoms with E-state index in [1.54, 1.807) is 7.11 Å². The Hall–Kier alpha value is -1.99. The Labute approximate surface area is 207 Å². The summed E-state index contributed by atoms with van der Waals surface area (Å²) in [5, 5.41) is 7.11. The average Bonchev–Trinajstić information content (AvgIpc) is 2.87. The molecule has 2 rings (SSSR count). The smallest absolute Gasteiger partial charge is 0.212 e. The first kappa shape index (κ1) is 28.2. The molecule has 6 heteroatoms. The SMILES string of the molecule is COc1ccc(-c2cc(CCCCCNCCCN)cc(CNCCCCCCCN)c2)cn1. The zero-order valence-electron chi connectivity index (χ0n) is 21.3. The maximum absolute atomic E-state index is 5.57. The number of nitrogens with zero attached hydrogens (tertiary/aromatic N) is 1. The van der Waals surface area contributed by atoms with Crippen molar-refractivity contribution in [3.63, 3.8) is 0 Å². The topological polar surface area (TPSA) is 98.2 Å². The Kier molecular flexibility index (Phi) is 15.2. The normalized spacial score (nSPS) is 11.1. The van der Waals surface area contributed by atoms with Crippen molar-refractivity contribution in [1.82, 2.24) is 15.6 Å². The highest BCUT2D eigenvalue weighted by Crippen LogP contribution is 2.24. The summed E-state index contributed by atoms with van der Waals surface area (Å²) in [5.41, 5.74) is 16.2. The maximum atomic E-state index is 5.57. The second-order valence-corrected chi connectivity index (χ2v) is 9.06. The number of aryl methyl sites for hydroxylation is 1. The third-order valence-corrected chi connectivity index (χ3v) is 6.09. The van der Waals surface area contributed by atoms with Crippen LogP contribution in [0.2, 0.25) is 0 Å². The summed E-state index contributed by atoms with van der Waals surface area (Å²) in [7, 11) is 1.65. The lowest BCUT2D eigenvalue weighted by atomic mass is 9.97. The minimum absolute atomic E-state index is 0.647. The second kappa shape index (κ2) is 18.4. The average molecular weight is 470 g/mol. The van der Waals surface area contributed by atoms with Gasteiger partial charge in [0.15, 0.2) is 0 Å². The van der Waals surface area contributed by atoms with E-state index in [0.29, 0.717) is 5.88 Å². The molecule has 6 N–H and O–H groups in total. The van der Waals surface area contributed by atoms with Crippen molar-refractivity contribution in [1.29, 1.82) is 0 Å². The van der Waals surface area contributed by atoms with Gasteiger partial charge in [0.05, 0.1) is 7.11 Å². The predicted octanol–water partition coefficient (Wildman–Crippen LogP) is 4.41. The third kappa shape index (κ3) is 11.9. The maximum Gasteiger partial charge on any atom is 0.212 e. The standard InChI is InChI=1S/C28H47N5O/c1-34-28-13-12-26(23-33-28)27-20-24(11-6-5-9-16-31-18-10-15-30)19-25(21-27)22-32-17-8-4-2-3-7-14-29/h12-13,19-21,23,31-32H,2-11,14-18,22,29-30H2,1H3. The van der Waals surface area contributed by atoms with Gasteiger partial charge in [-0.05, 0) is 100 Å². The van der Waals surface area contributed by atoms with Crippen molar-refractivity contribution >= 4 is 0 Å². The van der Waals surface area contributed by atoms with Crippen molar-refractivity contribution in [2.45, 2.75) is 70.8 Å². The van der Waals surface area contributed by atoms with Crippen molar-refractivity contribution in [2.24, 2.45) is 11.5 Å². The molecule has 0 unspecified atom stereocenters. The van der Waals surface area contributed by atoms with Crippen molar-refractivity contribution in [3.05, 3.63) is 47.7 Å². The van der Waals surface area contributed by atoms with Crippen LogP contribution in [-0.2, 0) is 13.0 Å². The summed E-state index contributed by atoms with van der Waals surface area (Å²) in [6.45, 7) is 5.64. The van der Waals surface area contributed by atoms with E-state index in [-0.39, 0.29) is 0 Å². The van der Waals surface area contributed by atoms with Crippen LogP contribution in [0.1, 0.15) is 68.9 Å². The van der Waals surface area contributed by atoms with Gasteiger partial charge in [0.25, 0.3) is 0 Å². The van der Waals surface area contributed by atoms with Gasteiger partial charge in [-0.1, -0.05) is 37.8 Å². The second-order valence-electron chi connectivity index (χ2n) is 9.06. The molecule has 0 radical (unpaired) electrons. The van der Waals surface area contributed by atoms with Gasteiger partial charge in [-0.25, -0.2) is 4.98 Å². The molecule has 6 nitrogen and oxygen atoms in total. The molecule has 190 valence electrons. The molecule has 0 amide bonds. The largest absolute Gasteiger partial charge is 0.481 e. The molecular weight excluding hydrogens is 422 g/mol. The Bertz CT molecular complexity index is 728. The van der Waals surface area contributed by atoms with Crippen LogP contribution in [0, 0.1) is 0 Å². The Balaban J connectivity index is 1.89. The van der Waals surface area contributed by atoms with Crippen LogP contribution in [0.3, 0.4) is 0 Å². The molecule has 0 saturated heterocycles. The minimum Gasteiger partial charge on any atom is -0.481 e. The van der Waals surface area contributed by atoms with E-state index in [0.717, 1.165) is 64.1 Å². The molecule has 0 aliphatic rings. The van der Waals surface area contributed by atoms with Crippen LogP contribution in [0.5, 0.6) is 5.88 Å². The summed E-state index contributed by atoms with van der Waals surface area (Å²) in [6, 6.07) is 11.0. The van der Waals surface area contributed by atoms with Crippen molar-refractivity contribution in [3.8, 4) is 17.0 Å². The number of hydrogen-bond acceptors (Lipinski definition) is 6. The number of hydrogen-bond donors (Lipinski definition) is 4. The van der Waals surface area contributed by atoms with E-state index < -0.39 is 0 Å². The number of methoxy groups -OCH3 is 1. The number of unbranched alkanes of at least 4 members (excludes halogenated alkanes) is 6. The molecule has 0 fully saturated rings. The van der Waals surface area contributed by atoms with Crippen LogP contribution < -0.4 is 26.8 Å². The van der Waals surface area contributed by atoms with Gasteiger partial charge in [0, 0.05) is 24.4 Å². The molecule has 1 heterocycles. The van der Waals surface area contributed by atoms with Crippen LogP contribution in [-0.4, -0.2) is 44.8 Å². The Morgan fingerprint density at radius 2 is 1.38 bits per heavy atom. The number of aromatic nitrogens is 1. The molecule has 2 aromatic rings. The van der Waals surface area contributed by atoms with E-state index in [1.165, 1.54) is 61.6 Å². The Morgan fingerprint density at radius 1 is 0.706 bits per heavy atom. The van der Waals surface area contributed by atoms with Gasteiger partial charge < -0.3 is 26.8 Å². The molecule has 34 heavy (non-hydrogen) atoms. The summed E-state index contributed by atoms with van der Waals surface area (Å²) in [4.78, 5) is 4.41. The van der Waals surface area contributed by atoms with E-state index in [2.05, 4.69) is 39.9 Å². The lowest BCUT2D eigenvalue weighted by Gasteiger charge is -2.12. The summed E-state index contributed by atoms with van der Waals surface area (Å²) >= 11 is 0. The number of ether oxygens (including phenoxy) is 1. The Morgan fingerprint density at radius 3 is 2.12 bits per heavy atom. The van der Waals surface area contributed by atoms with Crippen molar-refractivity contribution in [2.75, 3.05) is 39.8 Å². The molecule has 0 bridgehead atoms.